The van der Waals surface area contributed by atoms with Crippen LogP contribution >= 0.6 is 28.4 Å². The van der Waals surface area contributed by atoms with Crippen molar-refractivity contribution < 1.29 is 4.25 Å². The second-order valence-corrected chi connectivity index (χ2v) is 16.5. The Hall–Kier alpha value is 0.987. The maximum Gasteiger partial charge on any atom is 0.309 e. The van der Waals surface area contributed by atoms with Crippen molar-refractivity contribution in [3.8, 4) is 0 Å². The fourth-order valence-electron chi connectivity index (χ4n) is 2.85. The van der Waals surface area contributed by atoms with Gasteiger partial charge in [0.15, 0.2) is 8.24 Å². The number of quaternary nitrogens is 1. The molecule has 3 saturated heterocycles. The summed E-state index contributed by atoms with van der Waals surface area (Å²) < 4.78 is 5.81. The first-order valence-corrected chi connectivity index (χ1v) is 13.1. The molecule has 0 saturated carbocycles. The molecule has 0 unspecified atom stereocenters. The van der Waals surface area contributed by atoms with Crippen molar-refractivity contribution in [1.29, 1.82) is 0 Å². The van der Waals surface area contributed by atoms with Gasteiger partial charge in [0.1, 0.15) is 0 Å². The minimum atomic E-state index is -2.16. The molecule has 6 heteroatoms. The van der Waals surface area contributed by atoms with Crippen LogP contribution < -0.4 is 0 Å². The minimum Gasteiger partial charge on any atom is -0.276 e. The van der Waals surface area contributed by atoms with E-state index in [1.165, 1.54) is 38.9 Å². The van der Waals surface area contributed by atoms with Gasteiger partial charge < -0.3 is 0 Å². The standard InChI is InChI=1S/C10H22Cl2N2PSi/c1-16(2,3)13-15(11,12)14-7-4-10(5-8-14)6-9-14/h10H,4-9H2,1-3H3/q+1. The number of nitrogens with zero attached hydrogens (tertiary/aromatic N) is 2. The van der Waals surface area contributed by atoms with Crippen molar-refractivity contribution in [2.45, 2.75) is 38.9 Å². The van der Waals surface area contributed by atoms with Crippen LogP contribution in [-0.2, 0) is 0 Å². The van der Waals surface area contributed by atoms with Gasteiger partial charge in [-0.25, -0.2) is 0 Å². The van der Waals surface area contributed by atoms with Crippen LogP contribution in [0, 0.1) is 5.92 Å². The molecule has 0 aromatic rings. The van der Waals surface area contributed by atoms with Crippen LogP contribution in [0.3, 0.4) is 0 Å². The summed E-state index contributed by atoms with van der Waals surface area (Å²) in [5, 5.41) is 0. The Kier molecular flexibility index (Phi) is 3.58. The highest BCUT2D eigenvalue weighted by molar-refractivity contribution is 8.06. The number of piperidine rings is 3. The lowest BCUT2D eigenvalue weighted by molar-refractivity contribution is -0.824. The van der Waals surface area contributed by atoms with Crippen LogP contribution in [0.15, 0.2) is 4.41 Å². The van der Waals surface area contributed by atoms with Crippen molar-refractivity contribution in [3.63, 3.8) is 0 Å². The van der Waals surface area contributed by atoms with Crippen molar-refractivity contribution in [1.82, 2.24) is 0 Å². The second-order valence-electron chi connectivity index (χ2n) is 6.22. The van der Waals surface area contributed by atoms with E-state index in [2.05, 4.69) is 19.6 Å². The molecule has 3 heterocycles. The van der Waals surface area contributed by atoms with Crippen molar-refractivity contribution >= 4 is 36.6 Å². The molecule has 0 aromatic heterocycles. The summed E-state index contributed by atoms with van der Waals surface area (Å²) >= 11 is 13.4. The highest BCUT2D eigenvalue weighted by atomic mass is 35.9. The summed E-state index contributed by atoms with van der Waals surface area (Å²) in [4.78, 5) is 0. The van der Waals surface area contributed by atoms with Gasteiger partial charge in [-0.3, -0.25) is 8.66 Å². The number of fused-ring (bicyclic) bond motifs is 3. The molecule has 0 aliphatic carbocycles. The van der Waals surface area contributed by atoms with Crippen LogP contribution in [0.25, 0.3) is 0 Å². The molecule has 0 atom stereocenters. The van der Waals surface area contributed by atoms with Gasteiger partial charge in [-0.2, -0.15) is 0 Å². The molecule has 16 heavy (non-hydrogen) atoms. The first-order valence-electron chi connectivity index (χ1n) is 6.14. The number of hydrogen-bond donors (Lipinski definition) is 0. The molecule has 0 aromatic carbocycles. The maximum absolute atomic E-state index is 6.70. The minimum absolute atomic E-state index is 0.927. The molecule has 0 spiro atoms. The van der Waals surface area contributed by atoms with E-state index in [1.807, 2.05) is 0 Å². The molecular formula is C10H22Cl2N2PSi+. The van der Waals surface area contributed by atoms with Crippen LogP contribution in [-0.4, -0.2) is 32.1 Å². The van der Waals surface area contributed by atoms with Gasteiger partial charge in [-0.1, -0.05) is 0 Å². The quantitative estimate of drug-likeness (QED) is 0.509. The third kappa shape index (κ3) is 2.54. The fraction of sp³-hybridized carbons (Fsp3) is 1.00. The van der Waals surface area contributed by atoms with Gasteiger partial charge in [0.2, 0.25) is 0 Å². The molecule has 0 amide bonds. The third-order valence-electron chi connectivity index (χ3n) is 3.79. The Morgan fingerprint density at radius 1 is 1.06 bits per heavy atom. The Morgan fingerprint density at radius 3 is 1.88 bits per heavy atom. The van der Waals surface area contributed by atoms with Crippen LogP contribution in [0.2, 0.25) is 19.6 Å². The summed E-state index contributed by atoms with van der Waals surface area (Å²) in [5.74, 6) is -1.22. The largest absolute Gasteiger partial charge is 0.309 e. The van der Waals surface area contributed by atoms with Crippen molar-refractivity contribution in [3.05, 3.63) is 0 Å². The number of hydrogen-bond acceptors (Lipinski definition) is 1. The van der Waals surface area contributed by atoms with Crippen LogP contribution in [0.5, 0.6) is 0 Å². The number of halogens is 2. The average molecular weight is 300 g/mol. The summed E-state index contributed by atoms with van der Waals surface area (Å²) in [6, 6.07) is 0. The molecule has 3 fully saturated rings. The van der Waals surface area contributed by atoms with E-state index in [0.717, 1.165) is 10.2 Å². The van der Waals surface area contributed by atoms with E-state index in [9.17, 15) is 0 Å². The Balaban J connectivity index is 2.32. The normalized spacial score (nSPS) is 35.2. The lowest BCUT2D eigenvalue weighted by Crippen LogP contribution is -2.54. The zero-order valence-electron chi connectivity index (χ0n) is 10.4. The van der Waals surface area contributed by atoms with Gasteiger partial charge in [-0.15, -0.1) is 0 Å². The van der Waals surface area contributed by atoms with E-state index in [4.69, 9.17) is 26.9 Å². The third-order valence-corrected chi connectivity index (χ3v) is 12.1. The maximum atomic E-state index is 6.70. The zero-order valence-corrected chi connectivity index (χ0v) is 13.8. The van der Waals surface area contributed by atoms with E-state index >= 15 is 0 Å². The molecule has 3 rings (SSSR count). The Bertz CT molecular complexity index is 312. The predicted octanol–water partition coefficient (Wildman–Crippen LogP) is 4.88. The average Bonchev–Trinajstić information content (AvgIpc) is 2.16. The topological polar surface area (TPSA) is 12.4 Å². The first-order chi connectivity index (χ1) is 7.24. The lowest BCUT2D eigenvalue weighted by atomic mass is 9.88. The molecule has 2 nitrogen and oxygen atoms in total. The molecule has 3 aliphatic rings. The highest BCUT2D eigenvalue weighted by Gasteiger charge is 2.49. The summed E-state index contributed by atoms with van der Waals surface area (Å²) in [5.41, 5.74) is 0. The van der Waals surface area contributed by atoms with E-state index in [0.29, 0.717) is 0 Å². The Labute approximate surface area is 110 Å². The molecule has 0 N–H and O–H groups in total. The van der Waals surface area contributed by atoms with Crippen LogP contribution in [0.4, 0.5) is 0 Å². The zero-order chi connectivity index (χ0) is 12.0. The molecular weight excluding hydrogens is 278 g/mol. The Morgan fingerprint density at radius 2 is 1.50 bits per heavy atom. The van der Waals surface area contributed by atoms with Gasteiger partial charge in [-0.05, 0) is 44.8 Å². The predicted molar refractivity (Wildman–Crippen MR) is 76.6 cm³/mol. The van der Waals surface area contributed by atoms with Gasteiger partial charge in [0, 0.05) is 22.5 Å². The van der Waals surface area contributed by atoms with E-state index in [-0.39, 0.29) is 0 Å². The molecule has 3 aliphatic heterocycles. The monoisotopic (exact) mass is 299 g/mol. The summed E-state index contributed by atoms with van der Waals surface area (Å²) in [6.07, 6.45) is 3.92. The van der Waals surface area contributed by atoms with Crippen LogP contribution in [0.1, 0.15) is 19.3 Å². The number of rotatable bonds is 2. The molecule has 2 bridgehead atoms. The van der Waals surface area contributed by atoms with Crippen molar-refractivity contribution in [2.24, 2.45) is 10.3 Å². The van der Waals surface area contributed by atoms with Gasteiger partial charge in [0.25, 0.3) is 0 Å². The highest BCUT2D eigenvalue weighted by Crippen LogP contribution is 2.71. The molecule has 0 radical (unpaired) electrons. The van der Waals surface area contributed by atoms with Gasteiger partial charge in [0.05, 0.1) is 19.6 Å². The second kappa shape index (κ2) is 4.27. The summed E-state index contributed by atoms with van der Waals surface area (Å²) in [6.45, 7) is 10.2. The van der Waals surface area contributed by atoms with Crippen molar-refractivity contribution in [2.75, 3.05) is 19.6 Å². The first kappa shape index (κ1) is 13.4. The van der Waals surface area contributed by atoms with E-state index < -0.39 is 14.1 Å². The molecule has 94 valence electrons. The lowest BCUT2D eigenvalue weighted by Gasteiger charge is -2.51. The van der Waals surface area contributed by atoms with Gasteiger partial charge >= 0.3 is 5.91 Å². The SMILES string of the molecule is C[Si](C)(C)N=P(Cl)(Cl)[N+]12CCC(CC1)CC2. The van der Waals surface area contributed by atoms with E-state index in [1.54, 1.807) is 0 Å². The smallest absolute Gasteiger partial charge is 0.276 e. The fourth-order valence-corrected chi connectivity index (χ4v) is 13.0. The summed E-state index contributed by atoms with van der Waals surface area (Å²) in [7, 11) is -1.53.